The molecule has 0 aliphatic rings. The van der Waals surface area contributed by atoms with E-state index in [4.69, 9.17) is 5.26 Å². The molecule has 0 fully saturated rings. The van der Waals surface area contributed by atoms with Crippen LogP contribution in [0.4, 0.5) is 0 Å². The number of sulfonamides is 1. The van der Waals surface area contributed by atoms with E-state index in [1.807, 2.05) is 13.0 Å². The van der Waals surface area contributed by atoms with Crippen LogP contribution in [0.15, 0.2) is 27.6 Å². The molecule has 104 valence electrons. The van der Waals surface area contributed by atoms with Gasteiger partial charge in [-0.15, -0.1) is 0 Å². The van der Waals surface area contributed by atoms with Crippen molar-refractivity contribution >= 4 is 26.0 Å². The molecule has 0 spiro atoms. The molecular weight excluding hydrogens is 328 g/mol. The Bertz CT molecular complexity index is 591. The zero-order chi connectivity index (χ0) is 14.6. The minimum absolute atomic E-state index is 0.178. The molecule has 0 heterocycles. The van der Waals surface area contributed by atoms with Crippen LogP contribution in [-0.4, -0.2) is 25.3 Å². The molecule has 0 aliphatic carbocycles. The Kier molecular flexibility index (Phi) is 5.53. The topological polar surface area (TPSA) is 61.2 Å². The van der Waals surface area contributed by atoms with Gasteiger partial charge in [0.1, 0.15) is 0 Å². The second kappa shape index (κ2) is 6.51. The van der Waals surface area contributed by atoms with Crippen LogP contribution in [0.1, 0.15) is 25.8 Å². The first-order chi connectivity index (χ1) is 8.80. The fourth-order valence-corrected chi connectivity index (χ4v) is 3.70. The second-order valence-corrected chi connectivity index (χ2v) is 7.27. The van der Waals surface area contributed by atoms with Gasteiger partial charge in [-0.3, -0.25) is 0 Å². The summed E-state index contributed by atoms with van der Waals surface area (Å²) in [4.78, 5) is 0.264. The largest absolute Gasteiger partial charge is 0.243 e. The number of halogens is 1. The maximum atomic E-state index is 12.5. The lowest BCUT2D eigenvalue weighted by molar-refractivity contribution is 0.360. The standard InChI is InChI=1S/C13H17BrN2O2S/c1-10(2)16(8-4-7-15)19(17,18)12-5-6-13(14)11(3)9-12/h5-6,9-10H,4,8H2,1-3H3. The van der Waals surface area contributed by atoms with E-state index in [0.29, 0.717) is 0 Å². The van der Waals surface area contributed by atoms with Gasteiger partial charge in [0.05, 0.1) is 11.0 Å². The average molecular weight is 345 g/mol. The molecule has 4 nitrogen and oxygen atoms in total. The van der Waals surface area contributed by atoms with Crippen molar-refractivity contribution in [2.45, 2.75) is 38.1 Å². The van der Waals surface area contributed by atoms with Crippen LogP contribution in [0, 0.1) is 18.3 Å². The number of nitrogens with zero attached hydrogens (tertiary/aromatic N) is 2. The molecule has 0 bridgehead atoms. The molecule has 1 aromatic carbocycles. The predicted octanol–water partition coefficient (Wildman–Crippen LogP) is 3.07. The maximum Gasteiger partial charge on any atom is 0.243 e. The Labute approximate surface area is 123 Å². The van der Waals surface area contributed by atoms with Crippen molar-refractivity contribution in [2.75, 3.05) is 6.54 Å². The summed E-state index contributed by atoms with van der Waals surface area (Å²) < 4.78 is 27.3. The van der Waals surface area contributed by atoms with Gasteiger partial charge in [-0.05, 0) is 44.5 Å². The Hall–Kier alpha value is -0.900. The van der Waals surface area contributed by atoms with Gasteiger partial charge < -0.3 is 0 Å². The SMILES string of the molecule is Cc1cc(S(=O)(=O)N(CCC#N)C(C)C)ccc1Br. The zero-order valence-corrected chi connectivity index (χ0v) is 13.6. The molecule has 0 saturated carbocycles. The van der Waals surface area contributed by atoms with Crippen molar-refractivity contribution in [3.8, 4) is 6.07 Å². The molecule has 19 heavy (non-hydrogen) atoms. The number of hydrogen-bond donors (Lipinski definition) is 0. The van der Waals surface area contributed by atoms with Crippen molar-refractivity contribution in [1.82, 2.24) is 4.31 Å². The first-order valence-electron chi connectivity index (χ1n) is 5.95. The minimum atomic E-state index is -3.55. The number of rotatable bonds is 5. The zero-order valence-electron chi connectivity index (χ0n) is 11.2. The van der Waals surface area contributed by atoms with Crippen molar-refractivity contribution in [2.24, 2.45) is 0 Å². The highest BCUT2D eigenvalue weighted by Crippen LogP contribution is 2.23. The average Bonchev–Trinajstić information content (AvgIpc) is 2.32. The third kappa shape index (κ3) is 3.78. The van der Waals surface area contributed by atoms with Crippen molar-refractivity contribution in [1.29, 1.82) is 5.26 Å². The van der Waals surface area contributed by atoms with E-state index in [1.54, 1.807) is 32.0 Å². The second-order valence-electron chi connectivity index (χ2n) is 4.53. The molecule has 0 aliphatic heterocycles. The summed E-state index contributed by atoms with van der Waals surface area (Å²) in [6.07, 6.45) is 0.187. The summed E-state index contributed by atoms with van der Waals surface area (Å²) in [6, 6.07) is 6.75. The van der Waals surface area contributed by atoms with Gasteiger partial charge >= 0.3 is 0 Å². The number of benzene rings is 1. The number of aryl methyl sites for hydroxylation is 1. The summed E-state index contributed by atoms with van der Waals surface area (Å²) in [5, 5.41) is 8.64. The smallest absolute Gasteiger partial charge is 0.207 e. The minimum Gasteiger partial charge on any atom is -0.207 e. The highest BCUT2D eigenvalue weighted by molar-refractivity contribution is 9.10. The molecule has 6 heteroatoms. The third-order valence-electron chi connectivity index (χ3n) is 2.76. The van der Waals surface area contributed by atoms with E-state index in [0.717, 1.165) is 10.0 Å². The Morgan fingerprint density at radius 1 is 1.42 bits per heavy atom. The molecule has 0 amide bonds. The van der Waals surface area contributed by atoms with Gasteiger partial charge in [0.2, 0.25) is 10.0 Å². The monoisotopic (exact) mass is 344 g/mol. The quantitative estimate of drug-likeness (QED) is 0.824. The molecule has 0 N–H and O–H groups in total. The Balaban J connectivity index is 3.19. The molecule has 0 saturated heterocycles. The highest BCUT2D eigenvalue weighted by Gasteiger charge is 2.26. The van der Waals surface area contributed by atoms with Crippen LogP contribution >= 0.6 is 15.9 Å². The van der Waals surface area contributed by atoms with Crippen LogP contribution in [0.5, 0.6) is 0 Å². The van der Waals surface area contributed by atoms with Gasteiger partial charge in [0.15, 0.2) is 0 Å². The summed E-state index contributed by atoms with van der Waals surface area (Å²) in [6.45, 7) is 5.67. The van der Waals surface area contributed by atoms with Gasteiger partial charge in [-0.2, -0.15) is 9.57 Å². The first-order valence-corrected chi connectivity index (χ1v) is 8.19. The van der Waals surface area contributed by atoms with Gasteiger partial charge in [0.25, 0.3) is 0 Å². The number of nitriles is 1. The lowest BCUT2D eigenvalue weighted by Gasteiger charge is -2.25. The van der Waals surface area contributed by atoms with Crippen molar-refractivity contribution < 1.29 is 8.42 Å². The predicted molar refractivity (Wildman–Crippen MR) is 78.1 cm³/mol. The van der Waals surface area contributed by atoms with Crippen LogP contribution < -0.4 is 0 Å². The van der Waals surface area contributed by atoms with E-state index >= 15 is 0 Å². The van der Waals surface area contributed by atoms with Crippen LogP contribution in [0.3, 0.4) is 0 Å². The molecule has 0 unspecified atom stereocenters. The molecule has 1 aromatic rings. The maximum absolute atomic E-state index is 12.5. The normalized spacial score (nSPS) is 11.8. The summed E-state index contributed by atoms with van der Waals surface area (Å²) in [5.41, 5.74) is 0.866. The third-order valence-corrected chi connectivity index (χ3v) is 5.72. The fraction of sp³-hybridized carbons (Fsp3) is 0.462. The molecule has 0 radical (unpaired) electrons. The summed E-state index contributed by atoms with van der Waals surface area (Å²) >= 11 is 3.35. The van der Waals surface area contributed by atoms with Gasteiger partial charge in [-0.1, -0.05) is 15.9 Å². The van der Waals surface area contributed by atoms with E-state index in [2.05, 4.69) is 15.9 Å². The Morgan fingerprint density at radius 3 is 2.53 bits per heavy atom. The first kappa shape index (κ1) is 16.2. The van der Waals surface area contributed by atoms with E-state index in [9.17, 15) is 8.42 Å². The van der Waals surface area contributed by atoms with Crippen molar-refractivity contribution in [3.63, 3.8) is 0 Å². The molecule has 0 atom stereocenters. The Morgan fingerprint density at radius 2 is 2.05 bits per heavy atom. The lowest BCUT2D eigenvalue weighted by Crippen LogP contribution is -2.37. The molecule has 1 rings (SSSR count). The summed E-state index contributed by atoms with van der Waals surface area (Å²) in [7, 11) is -3.55. The van der Waals surface area contributed by atoms with E-state index in [1.165, 1.54) is 4.31 Å². The molecular formula is C13H17BrN2O2S. The van der Waals surface area contributed by atoms with Crippen LogP contribution in [0.25, 0.3) is 0 Å². The van der Waals surface area contributed by atoms with Crippen LogP contribution in [-0.2, 0) is 10.0 Å². The van der Waals surface area contributed by atoms with E-state index < -0.39 is 10.0 Å². The van der Waals surface area contributed by atoms with Gasteiger partial charge in [0, 0.05) is 23.5 Å². The van der Waals surface area contributed by atoms with Gasteiger partial charge in [-0.25, -0.2) is 8.42 Å². The lowest BCUT2D eigenvalue weighted by atomic mass is 10.2. The van der Waals surface area contributed by atoms with Crippen molar-refractivity contribution in [3.05, 3.63) is 28.2 Å². The summed E-state index contributed by atoms with van der Waals surface area (Å²) in [5.74, 6) is 0. The van der Waals surface area contributed by atoms with Crippen LogP contribution in [0.2, 0.25) is 0 Å². The number of hydrogen-bond acceptors (Lipinski definition) is 3. The highest BCUT2D eigenvalue weighted by atomic mass is 79.9. The molecule has 0 aromatic heterocycles. The van der Waals surface area contributed by atoms with E-state index in [-0.39, 0.29) is 23.9 Å². The fourth-order valence-electron chi connectivity index (χ4n) is 1.73.